The normalized spacial score (nSPS) is 10.5. The van der Waals surface area contributed by atoms with Crippen LogP contribution in [0.2, 0.25) is 0 Å². The van der Waals surface area contributed by atoms with Gasteiger partial charge in [0.15, 0.2) is 5.69 Å². The Morgan fingerprint density at radius 2 is 2.05 bits per heavy atom. The van der Waals surface area contributed by atoms with E-state index in [0.29, 0.717) is 12.3 Å². The van der Waals surface area contributed by atoms with Crippen LogP contribution in [-0.2, 0) is 4.74 Å². The fourth-order valence-electron chi connectivity index (χ4n) is 2.18. The van der Waals surface area contributed by atoms with E-state index in [4.69, 9.17) is 4.74 Å². The average Bonchev–Trinajstić information content (AvgIpc) is 2.65. The highest BCUT2D eigenvalue weighted by Gasteiger charge is 2.19. The molecule has 0 aliphatic rings. The van der Waals surface area contributed by atoms with Gasteiger partial charge in [-0.25, -0.2) is 9.78 Å². The fraction of sp³-hybridized carbons (Fsp3) is 0.333. The van der Waals surface area contributed by atoms with Crippen LogP contribution in [0, 0.1) is 20.8 Å². The van der Waals surface area contributed by atoms with Gasteiger partial charge in [0.1, 0.15) is 5.82 Å². The molecule has 0 bridgehead atoms. The lowest BCUT2D eigenvalue weighted by Crippen LogP contribution is -2.07. The number of aryl methyl sites for hydroxylation is 2. The van der Waals surface area contributed by atoms with Crippen molar-refractivity contribution in [3.63, 3.8) is 0 Å². The third kappa shape index (κ3) is 2.52. The second-order valence-corrected chi connectivity index (χ2v) is 4.49. The van der Waals surface area contributed by atoms with Crippen molar-refractivity contribution in [1.29, 1.82) is 0 Å². The van der Waals surface area contributed by atoms with E-state index in [2.05, 4.69) is 11.1 Å². The zero-order valence-electron chi connectivity index (χ0n) is 11.7. The highest BCUT2D eigenvalue weighted by atomic mass is 16.5. The number of carbonyl (C=O) groups is 1. The van der Waals surface area contributed by atoms with Gasteiger partial charge < -0.3 is 9.30 Å². The summed E-state index contributed by atoms with van der Waals surface area (Å²) in [5, 5.41) is 0. The number of ether oxygens (including phenoxy) is 1. The molecule has 0 spiro atoms. The molecule has 1 aromatic carbocycles. The summed E-state index contributed by atoms with van der Waals surface area (Å²) in [4.78, 5) is 16.2. The van der Waals surface area contributed by atoms with Crippen molar-refractivity contribution in [3.05, 3.63) is 47.0 Å². The van der Waals surface area contributed by atoms with Crippen molar-refractivity contribution in [1.82, 2.24) is 9.55 Å². The van der Waals surface area contributed by atoms with Gasteiger partial charge in [0.05, 0.1) is 12.3 Å². The molecule has 0 fully saturated rings. The Morgan fingerprint density at radius 3 is 2.68 bits per heavy atom. The van der Waals surface area contributed by atoms with Crippen LogP contribution in [0.3, 0.4) is 0 Å². The second-order valence-electron chi connectivity index (χ2n) is 4.49. The van der Waals surface area contributed by atoms with E-state index >= 15 is 0 Å². The molecule has 4 nitrogen and oxygen atoms in total. The number of hydrogen-bond donors (Lipinski definition) is 0. The van der Waals surface area contributed by atoms with Crippen LogP contribution in [0.25, 0.3) is 5.69 Å². The average molecular weight is 258 g/mol. The number of benzene rings is 1. The van der Waals surface area contributed by atoms with E-state index in [1.54, 1.807) is 6.92 Å². The van der Waals surface area contributed by atoms with Gasteiger partial charge in [0.2, 0.25) is 0 Å². The number of esters is 1. The zero-order chi connectivity index (χ0) is 14.0. The Hall–Kier alpha value is -2.10. The number of imidazole rings is 1. The summed E-state index contributed by atoms with van der Waals surface area (Å²) in [7, 11) is 0. The summed E-state index contributed by atoms with van der Waals surface area (Å²) < 4.78 is 6.99. The largest absolute Gasteiger partial charge is 0.461 e. The molecule has 1 heterocycles. The number of aromatic nitrogens is 2. The zero-order valence-corrected chi connectivity index (χ0v) is 11.7. The molecule has 0 N–H and O–H groups in total. The van der Waals surface area contributed by atoms with Crippen molar-refractivity contribution in [2.45, 2.75) is 27.7 Å². The Morgan fingerprint density at radius 1 is 1.32 bits per heavy atom. The van der Waals surface area contributed by atoms with Crippen LogP contribution in [0.4, 0.5) is 0 Å². The van der Waals surface area contributed by atoms with Gasteiger partial charge in [-0.05, 0) is 45.4 Å². The summed E-state index contributed by atoms with van der Waals surface area (Å²) in [5.74, 6) is 0.417. The minimum atomic E-state index is -0.366. The Kier molecular flexibility index (Phi) is 3.69. The van der Waals surface area contributed by atoms with E-state index in [0.717, 1.165) is 17.2 Å². The lowest BCUT2D eigenvalue weighted by Gasteiger charge is -2.08. The number of rotatable bonds is 3. The summed E-state index contributed by atoms with van der Waals surface area (Å²) >= 11 is 0. The van der Waals surface area contributed by atoms with Crippen LogP contribution in [0.5, 0.6) is 0 Å². The van der Waals surface area contributed by atoms with Crippen LogP contribution >= 0.6 is 0 Å². The van der Waals surface area contributed by atoms with Gasteiger partial charge in [-0.1, -0.05) is 12.1 Å². The van der Waals surface area contributed by atoms with E-state index in [9.17, 15) is 4.79 Å². The van der Waals surface area contributed by atoms with Gasteiger partial charge in [0, 0.05) is 5.69 Å². The maximum atomic E-state index is 11.8. The number of hydrogen-bond acceptors (Lipinski definition) is 3. The van der Waals surface area contributed by atoms with E-state index in [1.165, 1.54) is 5.56 Å². The molecule has 0 amide bonds. The molecule has 0 atom stereocenters. The van der Waals surface area contributed by atoms with Crippen molar-refractivity contribution in [3.8, 4) is 5.69 Å². The number of nitrogens with zero attached hydrogens (tertiary/aromatic N) is 2. The minimum Gasteiger partial charge on any atom is -0.461 e. The molecule has 0 aliphatic carbocycles. The molecule has 2 aromatic rings. The molecule has 0 saturated carbocycles. The van der Waals surface area contributed by atoms with Crippen LogP contribution in [0.1, 0.15) is 34.5 Å². The highest BCUT2D eigenvalue weighted by Crippen LogP contribution is 2.19. The first kappa shape index (κ1) is 13.3. The lowest BCUT2D eigenvalue weighted by molar-refractivity contribution is 0.0519. The molecule has 0 radical (unpaired) electrons. The molecule has 1 aromatic heterocycles. The van der Waals surface area contributed by atoms with Crippen molar-refractivity contribution in [2.75, 3.05) is 6.61 Å². The predicted octanol–water partition coefficient (Wildman–Crippen LogP) is 2.97. The van der Waals surface area contributed by atoms with Crippen LogP contribution in [-0.4, -0.2) is 22.1 Å². The summed E-state index contributed by atoms with van der Waals surface area (Å²) in [6, 6.07) is 8.10. The molecular formula is C15H18N2O2. The molecule has 19 heavy (non-hydrogen) atoms. The fourth-order valence-corrected chi connectivity index (χ4v) is 2.18. The summed E-state index contributed by atoms with van der Waals surface area (Å²) in [5.41, 5.74) is 3.38. The van der Waals surface area contributed by atoms with Crippen molar-refractivity contribution < 1.29 is 9.53 Å². The lowest BCUT2D eigenvalue weighted by atomic mass is 10.2. The minimum absolute atomic E-state index is 0.356. The first-order valence-corrected chi connectivity index (χ1v) is 6.34. The van der Waals surface area contributed by atoms with E-state index in [-0.39, 0.29) is 5.97 Å². The van der Waals surface area contributed by atoms with Gasteiger partial charge in [-0.15, -0.1) is 0 Å². The molecule has 2 rings (SSSR count). The molecular weight excluding hydrogens is 240 g/mol. The monoisotopic (exact) mass is 258 g/mol. The van der Waals surface area contributed by atoms with Gasteiger partial charge in [-0.3, -0.25) is 0 Å². The molecule has 0 aliphatic heterocycles. The quantitative estimate of drug-likeness (QED) is 0.795. The van der Waals surface area contributed by atoms with Crippen LogP contribution < -0.4 is 0 Å². The summed E-state index contributed by atoms with van der Waals surface area (Å²) in [6.07, 6.45) is 0. The highest BCUT2D eigenvalue weighted by molar-refractivity contribution is 5.88. The SMILES string of the molecule is CCOC(=O)c1nc(C)n(-c2cccc(C)c2)c1C. The Bertz CT molecular complexity index is 615. The summed E-state index contributed by atoms with van der Waals surface area (Å²) in [6.45, 7) is 7.95. The number of carbonyl (C=O) groups excluding carboxylic acids is 1. The molecule has 0 saturated heterocycles. The predicted molar refractivity (Wildman–Crippen MR) is 73.7 cm³/mol. The van der Waals surface area contributed by atoms with E-state index < -0.39 is 0 Å². The van der Waals surface area contributed by atoms with Crippen molar-refractivity contribution >= 4 is 5.97 Å². The molecule has 0 unspecified atom stereocenters. The smallest absolute Gasteiger partial charge is 0.358 e. The first-order chi connectivity index (χ1) is 9.04. The van der Waals surface area contributed by atoms with Crippen LogP contribution in [0.15, 0.2) is 24.3 Å². The second kappa shape index (κ2) is 5.26. The van der Waals surface area contributed by atoms with Crippen molar-refractivity contribution in [2.24, 2.45) is 0 Å². The van der Waals surface area contributed by atoms with Gasteiger partial charge in [-0.2, -0.15) is 0 Å². The van der Waals surface area contributed by atoms with E-state index in [1.807, 2.05) is 43.5 Å². The molecule has 4 heteroatoms. The third-order valence-corrected chi connectivity index (χ3v) is 3.00. The molecule has 100 valence electrons. The third-order valence-electron chi connectivity index (χ3n) is 3.00. The standard InChI is InChI=1S/C15H18N2O2/c1-5-19-15(18)14-11(3)17(12(4)16-14)13-8-6-7-10(2)9-13/h6-9H,5H2,1-4H3. The van der Waals surface area contributed by atoms with Gasteiger partial charge in [0.25, 0.3) is 0 Å². The maximum Gasteiger partial charge on any atom is 0.358 e. The Balaban J connectivity index is 2.51. The Labute approximate surface area is 113 Å². The van der Waals surface area contributed by atoms with Gasteiger partial charge >= 0.3 is 5.97 Å². The maximum absolute atomic E-state index is 11.8. The first-order valence-electron chi connectivity index (χ1n) is 6.34. The topological polar surface area (TPSA) is 44.1 Å².